The van der Waals surface area contributed by atoms with Gasteiger partial charge in [0.2, 0.25) is 0 Å². The first-order valence-corrected chi connectivity index (χ1v) is 7.14. The van der Waals surface area contributed by atoms with Gasteiger partial charge in [0.1, 0.15) is 0 Å². The molecule has 1 saturated heterocycles. The summed E-state index contributed by atoms with van der Waals surface area (Å²) in [4.78, 5) is 2.46. The molecule has 0 amide bonds. The average Bonchev–Trinajstić information content (AvgIpc) is 2.22. The molecule has 2 atom stereocenters. The summed E-state index contributed by atoms with van der Waals surface area (Å²) in [6.07, 6.45) is 0. The molecule has 1 aromatic rings. The fourth-order valence-corrected chi connectivity index (χ4v) is 3.06. The molecular formula is C13H18BrClN2. The van der Waals surface area contributed by atoms with Gasteiger partial charge in [0, 0.05) is 41.2 Å². The van der Waals surface area contributed by atoms with E-state index in [4.69, 9.17) is 11.6 Å². The molecule has 0 bridgehead atoms. The van der Waals surface area contributed by atoms with Gasteiger partial charge >= 0.3 is 0 Å². The summed E-state index contributed by atoms with van der Waals surface area (Å²) in [5.41, 5.74) is 1.20. The molecule has 1 N–H and O–H groups in total. The molecule has 0 saturated carbocycles. The first kappa shape index (κ1) is 13.3. The summed E-state index contributed by atoms with van der Waals surface area (Å²) in [5.74, 6) is 0. The Bertz CT molecular complexity index is 387. The number of hydrogen-bond acceptors (Lipinski definition) is 2. The lowest BCUT2D eigenvalue weighted by Gasteiger charge is -2.36. The van der Waals surface area contributed by atoms with E-state index in [1.54, 1.807) is 0 Å². The Labute approximate surface area is 116 Å². The van der Waals surface area contributed by atoms with E-state index in [2.05, 4.69) is 46.1 Å². The average molecular weight is 318 g/mol. The molecule has 0 aromatic heterocycles. The zero-order chi connectivity index (χ0) is 12.4. The monoisotopic (exact) mass is 316 g/mol. The molecule has 4 heteroatoms. The van der Waals surface area contributed by atoms with Gasteiger partial charge in [0.05, 0.1) is 0 Å². The van der Waals surface area contributed by atoms with Gasteiger partial charge in [0.25, 0.3) is 0 Å². The molecule has 1 fully saturated rings. The predicted molar refractivity (Wildman–Crippen MR) is 76.5 cm³/mol. The molecule has 94 valence electrons. The van der Waals surface area contributed by atoms with Crippen molar-refractivity contribution in [3.8, 4) is 0 Å². The van der Waals surface area contributed by atoms with Crippen LogP contribution in [0.25, 0.3) is 0 Å². The predicted octanol–water partition coefficient (Wildman–Crippen LogP) is 3.28. The number of halogens is 2. The Morgan fingerprint density at radius 1 is 1.35 bits per heavy atom. The van der Waals surface area contributed by atoms with Crippen LogP contribution in [0.15, 0.2) is 22.7 Å². The van der Waals surface area contributed by atoms with Crippen molar-refractivity contribution in [3.05, 3.63) is 33.3 Å². The molecule has 1 heterocycles. The van der Waals surface area contributed by atoms with Crippen LogP contribution in [0.5, 0.6) is 0 Å². The van der Waals surface area contributed by atoms with Crippen LogP contribution >= 0.6 is 27.5 Å². The number of benzene rings is 1. The fourth-order valence-electron chi connectivity index (χ4n) is 2.47. The minimum atomic E-state index is 0.546. The van der Waals surface area contributed by atoms with Crippen LogP contribution in [0.4, 0.5) is 0 Å². The number of nitrogens with zero attached hydrogens (tertiary/aromatic N) is 1. The van der Waals surface area contributed by atoms with Crippen molar-refractivity contribution in [1.29, 1.82) is 0 Å². The van der Waals surface area contributed by atoms with E-state index in [0.717, 1.165) is 29.1 Å². The zero-order valence-electron chi connectivity index (χ0n) is 10.2. The highest BCUT2D eigenvalue weighted by Crippen LogP contribution is 2.23. The Morgan fingerprint density at radius 3 is 2.65 bits per heavy atom. The molecule has 1 aliphatic heterocycles. The van der Waals surface area contributed by atoms with Crippen molar-refractivity contribution < 1.29 is 0 Å². The second-order valence-corrected chi connectivity index (χ2v) is 6.22. The summed E-state index contributed by atoms with van der Waals surface area (Å²) in [6, 6.07) is 7.14. The van der Waals surface area contributed by atoms with E-state index in [1.165, 1.54) is 5.56 Å². The van der Waals surface area contributed by atoms with Gasteiger partial charge < -0.3 is 5.32 Å². The third kappa shape index (κ3) is 3.68. The van der Waals surface area contributed by atoms with Crippen LogP contribution in [0, 0.1) is 0 Å². The fraction of sp³-hybridized carbons (Fsp3) is 0.538. The van der Waals surface area contributed by atoms with E-state index in [9.17, 15) is 0 Å². The third-order valence-electron chi connectivity index (χ3n) is 3.03. The van der Waals surface area contributed by atoms with Gasteiger partial charge in [-0.1, -0.05) is 27.5 Å². The molecule has 17 heavy (non-hydrogen) atoms. The summed E-state index contributed by atoms with van der Waals surface area (Å²) in [5, 5.41) is 4.39. The van der Waals surface area contributed by atoms with Gasteiger partial charge in [-0.15, -0.1) is 0 Å². The number of piperazine rings is 1. The lowest BCUT2D eigenvalue weighted by atomic mass is 10.1. The van der Waals surface area contributed by atoms with Crippen LogP contribution in [-0.2, 0) is 6.54 Å². The van der Waals surface area contributed by atoms with Crippen LogP contribution < -0.4 is 5.32 Å². The summed E-state index contributed by atoms with van der Waals surface area (Å²) >= 11 is 9.72. The summed E-state index contributed by atoms with van der Waals surface area (Å²) < 4.78 is 1.09. The molecule has 0 radical (unpaired) electrons. The van der Waals surface area contributed by atoms with E-state index >= 15 is 0 Å². The molecular weight excluding hydrogens is 300 g/mol. The number of nitrogens with one attached hydrogen (secondary N) is 1. The van der Waals surface area contributed by atoms with E-state index in [-0.39, 0.29) is 0 Å². The summed E-state index contributed by atoms with van der Waals surface area (Å²) in [6.45, 7) is 7.53. The molecule has 2 rings (SSSR count). The van der Waals surface area contributed by atoms with Crippen LogP contribution in [0.1, 0.15) is 19.4 Å². The van der Waals surface area contributed by atoms with E-state index in [0.29, 0.717) is 12.1 Å². The highest BCUT2D eigenvalue weighted by Gasteiger charge is 2.21. The van der Waals surface area contributed by atoms with Gasteiger partial charge in [-0.05, 0) is 37.6 Å². The smallest absolute Gasteiger partial charge is 0.0451 e. The molecule has 2 unspecified atom stereocenters. The van der Waals surface area contributed by atoms with Crippen LogP contribution in [0.2, 0.25) is 5.02 Å². The van der Waals surface area contributed by atoms with Gasteiger partial charge in [-0.2, -0.15) is 0 Å². The van der Waals surface area contributed by atoms with Crippen molar-refractivity contribution in [2.45, 2.75) is 32.5 Å². The van der Waals surface area contributed by atoms with Gasteiger partial charge in [-0.25, -0.2) is 0 Å². The Hall–Kier alpha value is -0.0900. The quantitative estimate of drug-likeness (QED) is 0.900. The molecule has 1 aromatic carbocycles. The minimum Gasteiger partial charge on any atom is -0.309 e. The van der Waals surface area contributed by atoms with Crippen molar-refractivity contribution in [3.63, 3.8) is 0 Å². The van der Waals surface area contributed by atoms with Crippen LogP contribution in [0.3, 0.4) is 0 Å². The van der Waals surface area contributed by atoms with Crippen molar-refractivity contribution in [2.24, 2.45) is 0 Å². The van der Waals surface area contributed by atoms with Gasteiger partial charge in [0.15, 0.2) is 0 Å². The molecule has 1 aliphatic rings. The van der Waals surface area contributed by atoms with Crippen LogP contribution in [-0.4, -0.2) is 30.1 Å². The first-order chi connectivity index (χ1) is 8.04. The third-order valence-corrected chi connectivity index (χ3v) is 3.90. The van der Waals surface area contributed by atoms with Crippen molar-refractivity contribution >= 4 is 27.5 Å². The largest absolute Gasteiger partial charge is 0.309 e. The lowest BCUT2D eigenvalue weighted by Crippen LogP contribution is -2.53. The second kappa shape index (κ2) is 5.70. The minimum absolute atomic E-state index is 0.546. The lowest BCUT2D eigenvalue weighted by molar-refractivity contribution is 0.166. The standard InChI is InChI=1S/C13H18BrClN2/c1-9-6-17(7-10(2)16-9)8-11-5-12(14)3-4-13(11)15/h3-5,9-10,16H,6-8H2,1-2H3. The highest BCUT2D eigenvalue weighted by atomic mass is 79.9. The maximum Gasteiger partial charge on any atom is 0.0451 e. The number of rotatable bonds is 2. The topological polar surface area (TPSA) is 15.3 Å². The second-order valence-electron chi connectivity index (χ2n) is 4.90. The molecule has 2 nitrogen and oxygen atoms in total. The van der Waals surface area contributed by atoms with E-state index in [1.807, 2.05) is 12.1 Å². The highest BCUT2D eigenvalue weighted by molar-refractivity contribution is 9.10. The number of hydrogen-bond donors (Lipinski definition) is 1. The Morgan fingerprint density at radius 2 is 2.00 bits per heavy atom. The van der Waals surface area contributed by atoms with Crippen molar-refractivity contribution in [1.82, 2.24) is 10.2 Å². The normalized spacial score (nSPS) is 26.1. The molecule has 0 aliphatic carbocycles. The Balaban J connectivity index is 2.07. The van der Waals surface area contributed by atoms with E-state index < -0.39 is 0 Å². The maximum atomic E-state index is 6.23. The SMILES string of the molecule is CC1CN(Cc2cc(Br)ccc2Cl)CC(C)N1. The Kier molecular flexibility index (Phi) is 4.47. The zero-order valence-corrected chi connectivity index (χ0v) is 12.6. The first-order valence-electron chi connectivity index (χ1n) is 5.97. The molecule has 0 spiro atoms. The maximum absolute atomic E-state index is 6.23. The van der Waals surface area contributed by atoms with Crippen molar-refractivity contribution in [2.75, 3.05) is 13.1 Å². The van der Waals surface area contributed by atoms with Gasteiger partial charge in [-0.3, -0.25) is 4.90 Å². The summed E-state index contributed by atoms with van der Waals surface area (Å²) in [7, 11) is 0.